The standard InChI is InChI=1S/C27H30FN3O3S/c1-3-34-24-7-5-4-6-23(24)29-27(33)31(22-12-13-22)18-26(32)30(17-25-19(2)14-15-35-25)16-20-8-10-21(28)11-9-20/h4-11,14-15,22H,3,12-13,16-18H2,1-2H3,(H,29,33). The lowest BCUT2D eigenvalue weighted by molar-refractivity contribution is -0.133. The molecule has 0 atom stereocenters. The number of hydrogen-bond acceptors (Lipinski definition) is 4. The van der Waals surface area contributed by atoms with Gasteiger partial charge in [0.1, 0.15) is 18.1 Å². The van der Waals surface area contributed by atoms with Crippen molar-refractivity contribution in [3.05, 3.63) is 81.8 Å². The number of para-hydroxylation sites is 2. The number of thiophene rings is 1. The normalized spacial score (nSPS) is 12.8. The summed E-state index contributed by atoms with van der Waals surface area (Å²) in [6.45, 7) is 5.14. The second-order valence-electron chi connectivity index (χ2n) is 8.62. The Morgan fingerprint density at radius 3 is 2.49 bits per heavy atom. The molecule has 1 aliphatic rings. The van der Waals surface area contributed by atoms with E-state index in [9.17, 15) is 14.0 Å². The molecule has 1 N–H and O–H groups in total. The van der Waals surface area contributed by atoms with Crippen LogP contribution < -0.4 is 10.1 Å². The first-order chi connectivity index (χ1) is 16.9. The summed E-state index contributed by atoms with van der Waals surface area (Å²) in [5, 5.41) is 4.93. The van der Waals surface area contributed by atoms with Crippen molar-refractivity contribution in [1.82, 2.24) is 9.80 Å². The number of amides is 3. The van der Waals surface area contributed by atoms with Gasteiger partial charge in [-0.1, -0.05) is 24.3 Å². The maximum absolute atomic E-state index is 13.5. The SMILES string of the molecule is CCOc1ccccc1NC(=O)N(CC(=O)N(Cc1ccc(F)cc1)Cc1sccc1C)C1CC1. The molecule has 4 rings (SSSR count). The summed E-state index contributed by atoms with van der Waals surface area (Å²) in [7, 11) is 0. The van der Waals surface area contributed by atoms with Crippen molar-refractivity contribution in [3.8, 4) is 5.75 Å². The first-order valence-electron chi connectivity index (χ1n) is 11.8. The molecule has 35 heavy (non-hydrogen) atoms. The van der Waals surface area contributed by atoms with E-state index in [1.54, 1.807) is 45.4 Å². The van der Waals surface area contributed by atoms with E-state index >= 15 is 0 Å². The van der Waals surface area contributed by atoms with Gasteiger partial charge in [0.05, 0.1) is 18.8 Å². The smallest absolute Gasteiger partial charge is 0.322 e. The molecule has 1 aliphatic carbocycles. The van der Waals surface area contributed by atoms with Gasteiger partial charge in [0.25, 0.3) is 0 Å². The summed E-state index contributed by atoms with van der Waals surface area (Å²) >= 11 is 1.60. The van der Waals surface area contributed by atoms with Gasteiger partial charge in [-0.05, 0) is 73.5 Å². The predicted octanol–water partition coefficient (Wildman–Crippen LogP) is 5.82. The van der Waals surface area contributed by atoms with E-state index in [4.69, 9.17) is 4.74 Å². The van der Waals surface area contributed by atoms with Crippen molar-refractivity contribution >= 4 is 29.0 Å². The second-order valence-corrected chi connectivity index (χ2v) is 9.62. The first kappa shape index (κ1) is 24.7. The van der Waals surface area contributed by atoms with Gasteiger partial charge in [-0.15, -0.1) is 11.3 Å². The molecule has 0 unspecified atom stereocenters. The van der Waals surface area contributed by atoms with Crippen LogP contribution in [0.5, 0.6) is 5.75 Å². The minimum absolute atomic E-state index is 0.0288. The van der Waals surface area contributed by atoms with E-state index in [0.29, 0.717) is 31.1 Å². The van der Waals surface area contributed by atoms with Gasteiger partial charge in [-0.2, -0.15) is 0 Å². The Balaban J connectivity index is 1.50. The number of aryl methyl sites for hydroxylation is 1. The zero-order valence-electron chi connectivity index (χ0n) is 20.0. The van der Waals surface area contributed by atoms with Crippen LogP contribution in [0.4, 0.5) is 14.9 Å². The highest BCUT2D eigenvalue weighted by Gasteiger charge is 2.35. The summed E-state index contributed by atoms with van der Waals surface area (Å²) in [5.41, 5.74) is 2.54. The molecular weight excluding hydrogens is 465 g/mol. The van der Waals surface area contributed by atoms with Crippen LogP contribution in [0.1, 0.15) is 35.8 Å². The minimum atomic E-state index is -0.318. The number of halogens is 1. The second kappa shape index (κ2) is 11.4. The van der Waals surface area contributed by atoms with Crippen LogP contribution in [0.25, 0.3) is 0 Å². The zero-order chi connectivity index (χ0) is 24.8. The number of carbonyl (C=O) groups excluding carboxylic acids is 2. The first-order valence-corrected chi connectivity index (χ1v) is 12.7. The molecule has 3 aromatic rings. The largest absolute Gasteiger partial charge is 0.492 e. The number of nitrogens with one attached hydrogen (secondary N) is 1. The molecule has 0 bridgehead atoms. The van der Waals surface area contributed by atoms with Gasteiger partial charge < -0.3 is 19.9 Å². The number of hydrogen-bond donors (Lipinski definition) is 1. The molecule has 8 heteroatoms. The van der Waals surface area contributed by atoms with Gasteiger partial charge in [0, 0.05) is 17.5 Å². The fourth-order valence-corrected chi connectivity index (χ4v) is 4.74. The fourth-order valence-electron chi connectivity index (χ4n) is 3.82. The Morgan fingerprint density at radius 1 is 1.09 bits per heavy atom. The van der Waals surface area contributed by atoms with Crippen LogP contribution in [0.3, 0.4) is 0 Å². The van der Waals surface area contributed by atoms with Crippen molar-refractivity contribution < 1.29 is 18.7 Å². The lowest BCUT2D eigenvalue weighted by Crippen LogP contribution is -2.45. The van der Waals surface area contributed by atoms with Crippen LogP contribution in [0.15, 0.2) is 60.0 Å². The minimum Gasteiger partial charge on any atom is -0.492 e. The molecule has 184 valence electrons. The van der Waals surface area contributed by atoms with Gasteiger partial charge in [0.15, 0.2) is 0 Å². The third-order valence-electron chi connectivity index (χ3n) is 5.92. The van der Waals surface area contributed by atoms with Crippen LogP contribution in [0, 0.1) is 12.7 Å². The van der Waals surface area contributed by atoms with Gasteiger partial charge in [-0.25, -0.2) is 9.18 Å². The molecule has 0 radical (unpaired) electrons. The van der Waals surface area contributed by atoms with E-state index < -0.39 is 0 Å². The Kier molecular flexibility index (Phi) is 8.02. The van der Waals surface area contributed by atoms with E-state index in [-0.39, 0.29) is 30.3 Å². The molecule has 6 nitrogen and oxygen atoms in total. The zero-order valence-corrected chi connectivity index (χ0v) is 20.8. The van der Waals surface area contributed by atoms with Crippen LogP contribution in [0.2, 0.25) is 0 Å². The molecule has 1 heterocycles. The number of urea groups is 1. The molecule has 1 fully saturated rings. The molecule has 1 aromatic heterocycles. The van der Waals surface area contributed by atoms with Gasteiger partial charge in [0.2, 0.25) is 5.91 Å². The molecule has 0 spiro atoms. The number of benzene rings is 2. The Labute approximate surface area is 209 Å². The average Bonchev–Trinajstić information content (AvgIpc) is 3.61. The summed E-state index contributed by atoms with van der Waals surface area (Å²) in [5.74, 6) is 0.128. The highest BCUT2D eigenvalue weighted by Crippen LogP contribution is 2.30. The Hall–Kier alpha value is -3.39. The van der Waals surface area contributed by atoms with Crippen LogP contribution in [-0.2, 0) is 17.9 Å². The van der Waals surface area contributed by atoms with Crippen molar-refractivity contribution in [2.24, 2.45) is 0 Å². The summed E-state index contributed by atoms with van der Waals surface area (Å²) < 4.78 is 19.0. The lowest BCUT2D eigenvalue weighted by atomic mass is 10.2. The van der Waals surface area contributed by atoms with Crippen molar-refractivity contribution in [2.75, 3.05) is 18.5 Å². The fraction of sp³-hybridized carbons (Fsp3) is 0.333. The van der Waals surface area contributed by atoms with Crippen LogP contribution >= 0.6 is 11.3 Å². The maximum atomic E-state index is 13.5. The summed E-state index contributed by atoms with van der Waals surface area (Å²) in [4.78, 5) is 31.2. The monoisotopic (exact) mass is 495 g/mol. The molecule has 3 amide bonds. The molecule has 2 aromatic carbocycles. The van der Waals surface area contributed by atoms with E-state index in [1.165, 1.54) is 12.1 Å². The number of carbonyl (C=O) groups is 2. The highest BCUT2D eigenvalue weighted by molar-refractivity contribution is 7.10. The number of nitrogens with zero attached hydrogens (tertiary/aromatic N) is 2. The molecular formula is C27H30FN3O3S. The van der Waals surface area contributed by atoms with Crippen molar-refractivity contribution in [2.45, 2.75) is 45.8 Å². The van der Waals surface area contributed by atoms with Gasteiger partial charge in [-0.3, -0.25) is 4.79 Å². The molecule has 0 saturated heterocycles. The van der Waals surface area contributed by atoms with Gasteiger partial charge >= 0.3 is 6.03 Å². The number of ether oxygens (including phenoxy) is 1. The maximum Gasteiger partial charge on any atom is 0.322 e. The molecule has 1 saturated carbocycles. The van der Waals surface area contributed by atoms with E-state index in [1.807, 2.05) is 37.4 Å². The summed E-state index contributed by atoms with van der Waals surface area (Å²) in [6, 6.07) is 15.2. The van der Waals surface area contributed by atoms with E-state index in [2.05, 4.69) is 5.32 Å². The van der Waals surface area contributed by atoms with Crippen molar-refractivity contribution in [3.63, 3.8) is 0 Å². The lowest BCUT2D eigenvalue weighted by Gasteiger charge is -2.28. The Morgan fingerprint density at radius 2 is 1.83 bits per heavy atom. The highest BCUT2D eigenvalue weighted by atomic mass is 32.1. The molecule has 0 aliphatic heterocycles. The number of anilines is 1. The topological polar surface area (TPSA) is 61.9 Å². The third-order valence-corrected chi connectivity index (χ3v) is 6.93. The van der Waals surface area contributed by atoms with Crippen molar-refractivity contribution in [1.29, 1.82) is 0 Å². The third kappa shape index (κ3) is 6.60. The Bertz CT molecular complexity index is 1160. The predicted molar refractivity (Wildman–Crippen MR) is 136 cm³/mol. The summed E-state index contributed by atoms with van der Waals surface area (Å²) in [6.07, 6.45) is 1.74. The number of rotatable bonds is 10. The van der Waals surface area contributed by atoms with E-state index in [0.717, 1.165) is 28.8 Å². The average molecular weight is 496 g/mol. The van der Waals surface area contributed by atoms with Crippen LogP contribution in [-0.4, -0.2) is 40.9 Å². The quantitative estimate of drug-likeness (QED) is 0.386.